The van der Waals surface area contributed by atoms with Crippen molar-refractivity contribution in [2.75, 3.05) is 33.2 Å². The number of carboxylic acid groups (broad SMARTS) is 2. The van der Waals surface area contributed by atoms with Gasteiger partial charge < -0.3 is 15.1 Å². The molecular weight excluding hydrogens is 587 g/mol. The van der Waals surface area contributed by atoms with Gasteiger partial charge in [0.15, 0.2) is 0 Å². The quantitative estimate of drug-likeness (QED) is 0.256. The second-order valence-electron chi connectivity index (χ2n) is 10.9. The number of halogens is 4. The molecule has 1 saturated heterocycles. The van der Waals surface area contributed by atoms with E-state index < -0.39 is 18.1 Å². The molecule has 1 aromatic rings. The summed E-state index contributed by atoms with van der Waals surface area (Å²) in [6, 6.07) is 7.64. The van der Waals surface area contributed by atoms with Crippen molar-refractivity contribution in [1.82, 2.24) is 15.3 Å². The highest BCUT2D eigenvalue weighted by Crippen LogP contribution is 2.31. The second kappa shape index (κ2) is 17.4. The highest BCUT2D eigenvalue weighted by Gasteiger charge is 2.38. The predicted molar refractivity (Wildman–Crippen MR) is 161 cm³/mol. The molecule has 3 rings (SSSR count). The molecule has 0 amide bonds. The van der Waals surface area contributed by atoms with Gasteiger partial charge >= 0.3 is 18.1 Å². The Kier molecular flexibility index (Phi) is 14.7. The first-order valence-electron chi connectivity index (χ1n) is 14.4. The molecule has 1 aromatic carbocycles. The Bertz CT molecular complexity index is 1140. The minimum Gasteiger partial charge on any atom is -0.478 e. The molecule has 12 heteroatoms. The van der Waals surface area contributed by atoms with Crippen molar-refractivity contribution >= 4 is 23.5 Å². The number of hydroxylamine groups is 1. The number of aryl methyl sites for hydroxylation is 1. The van der Waals surface area contributed by atoms with E-state index in [0.29, 0.717) is 11.6 Å². The van der Waals surface area contributed by atoms with E-state index in [0.717, 1.165) is 81.7 Å². The number of aromatic carboxylic acids is 1. The highest BCUT2D eigenvalue weighted by atomic mass is 35.5. The fourth-order valence-corrected chi connectivity index (χ4v) is 5.26. The summed E-state index contributed by atoms with van der Waals surface area (Å²) in [5.41, 5.74) is 5.61. The number of alkyl halides is 3. The number of benzene rings is 1. The van der Waals surface area contributed by atoms with E-state index in [1.165, 1.54) is 5.57 Å². The van der Waals surface area contributed by atoms with Gasteiger partial charge in [-0.15, -0.1) is 0 Å². The van der Waals surface area contributed by atoms with Gasteiger partial charge in [-0.25, -0.2) is 15.1 Å². The number of aliphatic carboxylic acids is 1. The summed E-state index contributed by atoms with van der Waals surface area (Å²) in [4.78, 5) is 31.2. The molecule has 240 valence electrons. The summed E-state index contributed by atoms with van der Waals surface area (Å²) in [7, 11) is 1.84. The van der Waals surface area contributed by atoms with Crippen molar-refractivity contribution in [3.8, 4) is 0 Å². The van der Waals surface area contributed by atoms with Crippen molar-refractivity contribution < 1.29 is 37.8 Å². The largest absolute Gasteiger partial charge is 0.490 e. The van der Waals surface area contributed by atoms with Crippen molar-refractivity contribution in [2.45, 2.75) is 76.6 Å². The van der Waals surface area contributed by atoms with Gasteiger partial charge in [-0.3, -0.25) is 9.74 Å². The summed E-state index contributed by atoms with van der Waals surface area (Å²) in [6.07, 6.45) is 10.3. The lowest BCUT2D eigenvalue weighted by molar-refractivity contribution is -0.192. The third kappa shape index (κ3) is 12.7. The van der Waals surface area contributed by atoms with Crippen molar-refractivity contribution in [2.24, 2.45) is 0 Å². The van der Waals surface area contributed by atoms with Crippen molar-refractivity contribution in [1.29, 1.82) is 0 Å². The maximum absolute atomic E-state index is 11.1. The Morgan fingerprint density at radius 3 is 2.42 bits per heavy atom. The number of rotatable bonds is 10. The zero-order chi connectivity index (χ0) is 32.0. The van der Waals surface area contributed by atoms with E-state index in [1.54, 1.807) is 12.1 Å². The molecule has 2 atom stereocenters. The molecule has 0 spiro atoms. The zero-order valence-electron chi connectivity index (χ0n) is 25.0. The molecule has 0 aromatic heterocycles. The van der Waals surface area contributed by atoms with Crippen LogP contribution >= 0.6 is 11.6 Å². The highest BCUT2D eigenvalue weighted by molar-refractivity contribution is 6.30. The van der Waals surface area contributed by atoms with Crippen molar-refractivity contribution in [3.05, 3.63) is 70.4 Å². The van der Waals surface area contributed by atoms with Gasteiger partial charge in [-0.1, -0.05) is 42.8 Å². The summed E-state index contributed by atoms with van der Waals surface area (Å²) < 4.78 is 31.7. The number of hydrogen-bond acceptors (Lipinski definition) is 6. The Labute approximate surface area is 256 Å². The van der Waals surface area contributed by atoms with E-state index in [9.17, 15) is 18.0 Å². The maximum Gasteiger partial charge on any atom is 0.490 e. The molecule has 2 heterocycles. The lowest BCUT2D eigenvalue weighted by atomic mass is 9.88. The Balaban J connectivity index is 0.000000821. The fourth-order valence-electron chi connectivity index (χ4n) is 5.05. The van der Waals surface area contributed by atoms with E-state index in [4.69, 9.17) is 31.4 Å². The standard InChI is InChI=1S/C29H42ClN3O3.C2HF3O2/c1-4-23(2)33-21-25(8-5-6-9-27(30)22-33)20-32-18-7-15-29(17-19-32,36-31-3)16-14-24-10-12-26(13-11-24)28(34)35;3-2(4,5)1(6)7/h5-6,9-13,21,23,31H,4,7-8,14-20,22H2,1-3H3,(H,34,35);(H,6,7)/b6-5-,25-21+,27-9+;. The molecule has 2 unspecified atom stereocenters. The molecule has 3 N–H and O–H groups in total. The van der Waals surface area contributed by atoms with Crippen LogP contribution in [-0.2, 0) is 16.1 Å². The number of hydrogen-bond donors (Lipinski definition) is 3. The molecule has 1 fully saturated rings. The number of carbonyl (C=O) groups is 2. The smallest absolute Gasteiger partial charge is 0.478 e. The van der Waals surface area contributed by atoms with Crippen LogP contribution in [0.5, 0.6) is 0 Å². The topological polar surface area (TPSA) is 102 Å². The lowest BCUT2D eigenvalue weighted by Crippen LogP contribution is -2.39. The molecule has 2 aliphatic rings. The van der Waals surface area contributed by atoms with Gasteiger partial charge in [0.2, 0.25) is 0 Å². The maximum atomic E-state index is 11.1. The average Bonchev–Trinajstić information content (AvgIpc) is 3.09. The molecule has 0 radical (unpaired) electrons. The minimum atomic E-state index is -5.08. The molecular formula is C31H43ClF3N3O5. The van der Waals surface area contributed by atoms with Crippen LogP contribution < -0.4 is 5.48 Å². The zero-order valence-corrected chi connectivity index (χ0v) is 25.8. The summed E-state index contributed by atoms with van der Waals surface area (Å²) in [5.74, 6) is -3.65. The van der Waals surface area contributed by atoms with Crippen LogP contribution in [0.1, 0.15) is 68.3 Å². The lowest BCUT2D eigenvalue weighted by Gasteiger charge is -2.32. The Hall–Kier alpha value is -2.86. The molecule has 0 bridgehead atoms. The number of likely N-dealkylation sites (tertiary alicyclic amines) is 1. The van der Waals surface area contributed by atoms with E-state index >= 15 is 0 Å². The van der Waals surface area contributed by atoms with Gasteiger partial charge in [0.1, 0.15) is 0 Å². The third-order valence-corrected chi connectivity index (χ3v) is 7.93. The first kappa shape index (κ1) is 36.3. The summed E-state index contributed by atoms with van der Waals surface area (Å²) in [5, 5.41) is 17.1. The monoisotopic (exact) mass is 629 g/mol. The van der Waals surface area contributed by atoms with E-state index in [1.807, 2.05) is 25.3 Å². The van der Waals surface area contributed by atoms with Gasteiger partial charge in [0, 0.05) is 37.4 Å². The second-order valence-corrected chi connectivity index (χ2v) is 11.4. The number of nitrogens with zero attached hydrogens (tertiary/aromatic N) is 2. The number of nitrogens with one attached hydrogen (secondary N) is 1. The van der Waals surface area contributed by atoms with Crippen LogP contribution in [0.15, 0.2) is 59.3 Å². The molecule has 8 nitrogen and oxygen atoms in total. The Morgan fingerprint density at radius 2 is 1.84 bits per heavy atom. The van der Waals surface area contributed by atoms with Crippen LogP contribution in [0.25, 0.3) is 0 Å². The third-order valence-electron chi connectivity index (χ3n) is 7.68. The first-order chi connectivity index (χ1) is 20.3. The van der Waals surface area contributed by atoms with Crippen LogP contribution in [0.2, 0.25) is 0 Å². The Morgan fingerprint density at radius 1 is 1.16 bits per heavy atom. The van der Waals surface area contributed by atoms with Crippen LogP contribution in [0.4, 0.5) is 13.2 Å². The van der Waals surface area contributed by atoms with Crippen molar-refractivity contribution in [3.63, 3.8) is 0 Å². The molecule has 43 heavy (non-hydrogen) atoms. The van der Waals surface area contributed by atoms with Gasteiger partial charge in [0.05, 0.1) is 17.7 Å². The van der Waals surface area contributed by atoms with Gasteiger partial charge in [0.25, 0.3) is 0 Å². The van der Waals surface area contributed by atoms with Crippen LogP contribution in [0.3, 0.4) is 0 Å². The summed E-state index contributed by atoms with van der Waals surface area (Å²) in [6.45, 7) is 8.19. The van der Waals surface area contributed by atoms with Crippen LogP contribution in [-0.4, -0.2) is 83.0 Å². The van der Waals surface area contributed by atoms with Crippen LogP contribution in [0, 0.1) is 0 Å². The average molecular weight is 630 g/mol. The van der Waals surface area contributed by atoms with E-state index in [2.05, 4.69) is 47.5 Å². The first-order valence-corrected chi connectivity index (χ1v) is 14.8. The number of carboxylic acids is 2. The van der Waals surface area contributed by atoms with Gasteiger partial charge in [-0.05, 0) is 87.8 Å². The molecule has 0 aliphatic carbocycles. The van der Waals surface area contributed by atoms with E-state index in [-0.39, 0.29) is 5.60 Å². The van der Waals surface area contributed by atoms with Gasteiger partial charge in [-0.2, -0.15) is 13.2 Å². The number of allylic oxidation sites excluding steroid dienone is 3. The molecule has 0 saturated carbocycles. The fraction of sp³-hybridized carbons (Fsp3) is 0.548. The predicted octanol–water partition coefficient (Wildman–Crippen LogP) is 6.39. The molecule has 2 aliphatic heterocycles. The normalized spacial score (nSPS) is 23.9. The summed E-state index contributed by atoms with van der Waals surface area (Å²) >= 11 is 6.46. The SMILES string of the molecule is CCC(C)N1/C=C(/CN2CCCC(CCc3ccc(C(=O)O)cc3)(ONC)CC2)C/C=C\C=C(\Cl)C1.O=C(O)C(F)(F)F. The minimum absolute atomic E-state index is 0.234.